The zero-order chi connectivity index (χ0) is 36.6. The third-order valence-corrected chi connectivity index (χ3v) is 3.26. The summed E-state index contributed by atoms with van der Waals surface area (Å²) in [6.07, 6.45) is 4.94. The van der Waals surface area contributed by atoms with Crippen LogP contribution in [0.1, 0.15) is 0 Å². The van der Waals surface area contributed by atoms with Gasteiger partial charge in [-0.15, -0.1) is 6.42 Å². The molecule has 0 N–H and O–H groups in total. The monoisotopic (exact) mass is 897 g/mol. The Labute approximate surface area is 350 Å². The van der Waals surface area contributed by atoms with Crippen LogP contribution in [0.3, 0.4) is 0 Å². The van der Waals surface area contributed by atoms with Crippen molar-refractivity contribution < 1.29 is 36.9 Å². The van der Waals surface area contributed by atoms with Crippen LogP contribution in [0, 0.1) is 331 Å². The second-order valence-corrected chi connectivity index (χ2v) is 6.65. The number of halogens is 1. The van der Waals surface area contributed by atoms with Crippen molar-refractivity contribution in [3.8, 4) is 295 Å². The first kappa shape index (κ1) is 45.1. The Bertz CT molecular complexity index is 3120. The van der Waals surface area contributed by atoms with Crippen molar-refractivity contribution in [2.45, 2.75) is 0 Å². The van der Waals surface area contributed by atoms with Crippen LogP contribution in [0.4, 0.5) is 0 Å². The van der Waals surface area contributed by atoms with E-state index in [0.717, 1.165) is 0 Å². The third-order valence-electron chi connectivity index (χ3n) is 2.99. The van der Waals surface area contributed by atoms with Gasteiger partial charge in [0.25, 0.3) is 0 Å². The molecule has 0 aromatic rings. The topological polar surface area (TPSA) is 0 Å². The van der Waals surface area contributed by atoms with E-state index < -0.39 is 0 Å². The molecular weight excluding hydrogens is 896 g/mol. The Morgan fingerprint density at radius 3 is 0.365 bits per heavy atom. The van der Waals surface area contributed by atoms with Crippen molar-refractivity contribution in [3.05, 3.63) is 0 Å². The van der Waals surface area contributed by atoms with Gasteiger partial charge in [0.1, 0.15) is 0 Å². The molecule has 0 heterocycles. The van der Waals surface area contributed by atoms with Crippen LogP contribution in [-0.2, 0) is 0 Å². The maximum atomic E-state index is 4.94. The molecule has 0 saturated carbocycles. The zero-order valence-corrected chi connectivity index (χ0v) is 29.7. The number of hydrogen-bond acceptors (Lipinski definition) is 0. The summed E-state index contributed by atoms with van der Waals surface area (Å²) in [5, 5.41) is 0. The second-order valence-electron chi connectivity index (χ2n) is 6.11. The van der Waals surface area contributed by atoms with Crippen LogP contribution in [0.15, 0.2) is 0 Å². The van der Waals surface area contributed by atoms with E-state index in [1.165, 1.54) is 0 Å². The summed E-state index contributed by atoms with van der Waals surface area (Å²) in [5.41, 5.74) is 0. The standard InChI is InChI=1S/C50HI.Tm/c1-2-3-4-5-6-7-8-9-10-11-12-13-14-15-16-17-18-19-20-21-22-23-24-25-26-27-28-29-30-31-32-33-34-35-36-37-38-39-40-41-42-43-44-45-46-47-48-49-50-51;/h1H;. The smallest absolute Gasteiger partial charge is 0.0192 e. The predicted octanol–water partition coefficient (Wildman–Crippen LogP) is 1.09. The van der Waals surface area contributed by atoms with Gasteiger partial charge in [0.2, 0.25) is 0 Å². The van der Waals surface area contributed by atoms with Gasteiger partial charge in [0.05, 0.1) is 0 Å². The minimum absolute atomic E-state index is 0. The van der Waals surface area contributed by atoms with E-state index >= 15 is 0 Å². The summed E-state index contributed by atoms with van der Waals surface area (Å²) in [7, 11) is 0. The van der Waals surface area contributed by atoms with E-state index in [4.69, 9.17) is 6.42 Å². The van der Waals surface area contributed by atoms with Crippen molar-refractivity contribution in [2.24, 2.45) is 0 Å². The number of terminal acetylenes is 1. The molecule has 0 aliphatic rings. The van der Waals surface area contributed by atoms with Crippen LogP contribution in [0.2, 0.25) is 0 Å². The Morgan fingerprint density at radius 2 is 0.269 bits per heavy atom. The van der Waals surface area contributed by atoms with Crippen molar-refractivity contribution >= 4 is 22.6 Å². The van der Waals surface area contributed by atoms with Crippen LogP contribution in [0.5, 0.6) is 0 Å². The molecule has 0 nitrogen and oxygen atoms in total. The number of rotatable bonds is 0. The largest absolute Gasteiger partial charge is 0.106 e. The number of hydrogen-bond donors (Lipinski definition) is 0. The van der Waals surface area contributed by atoms with Crippen LogP contribution >= 0.6 is 22.6 Å². The van der Waals surface area contributed by atoms with Gasteiger partial charge in [-0.1, -0.05) is 0 Å². The Hall–Kier alpha value is -9.04. The Kier molecular flexibility index (Phi) is 38.2. The molecular formula is C50HITm. The predicted molar refractivity (Wildman–Crippen MR) is 209 cm³/mol. The van der Waals surface area contributed by atoms with E-state index in [2.05, 4.69) is 288 Å². The molecule has 0 aliphatic heterocycles. The molecule has 221 valence electrons. The van der Waals surface area contributed by atoms with E-state index in [0.29, 0.717) is 0 Å². The molecule has 1 radical (unpaired) electrons. The van der Waals surface area contributed by atoms with Crippen molar-refractivity contribution in [1.82, 2.24) is 0 Å². The Morgan fingerprint density at radius 1 is 0.173 bits per heavy atom. The van der Waals surface area contributed by atoms with E-state index in [9.17, 15) is 0 Å². The molecule has 0 aliphatic carbocycles. The summed E-state index contributed by atoms with van der Waals surface area (Å²) in [4.78, 5) is 0. The first-order valence-corrected chi connectivity index (χ1v) is 13.6. The molecule has 0 bridgehead atoms. The maximum Gasteiger partial charge on any atom is 0.0192 e. The molecule has 2 heteroatoms. The van der Waals surface area contributed by atoms with E-state index in [1.54, 1.807) is 0 Å². The van der Waals surface area contributed by atoms with Crippen LogP contribution in [0.25, 0.3) is 0 Å². The molecule has 0 aromatic carbocycles. The summed E-state index contributed by atoms with van der Waals surface area (Å²) in [6.45, 7) is 0. The SMILES string of the molecule is C#CC#CC#CC#CC#CC#CC#CC#CC#CC#CC#CC#CC#CC#CC#CC#CC#CC#CC#CC#CC#CC#CC#CC#CC#CI.[Tm]. The first-order chi connectivity index (χ1) is 25.4. The summed E-state index contributed by atoms with van der Waals surface area (Å²) < 4.78 is 2.59. The summed E-state index contributed by atoms with van der Waals surface area (Å²) in [6, 6.07) is 0. The maximum absolute atomic E-state index is 4.94. The van der Waals surface area contributed by atoms with Crippen LogP contribution < -0.4 is 0 Å². The Balaban J connectivity index is 0. The van der Waals surface area contributed by atoms with Gasteiger partial charge in [-0.2, -0.15) is 0 Å². The summed E-state index contributed by atoms with van der Waals surface area (Å²) in [5.74, 6) is 119. The normalized spacial score (nSPS) is 3.85. The molecule has 0 rings (SSSR count). The molecule has 0 unspecified atom stereocenters. The quantitative estimate of drug-likeness (QED) is 0.253. The molecule has 0 atom stereocenters. The van der Waals surface area contributed by atoms with Gasteiger partial charge in [0.15, 0.2) is 0 Å². The molecule has 0 fully saturated rings. The van der Waals surface area contributed by atoms with Gasteiger partial charge in [-0.05, 0) is 98.7 Å². The second kappa shape index (κ2) is 44.1. The van der Waals surface area contributed by atoms with Gasteiger partial charge in [-0.3, -0.25) is 0 Å². The fraction of sp³-hybridized carbons (Fsp3) is 0. The average molecular weight is 897 g/mol. The van der Waals surface area contributed by atoms with E-state index in [-0.39, 0.29) is 36.9 Å². The fourth-order valence-corrected chi connectivity index (χ4v) is 1.60. The molecule has 0 amide bonds. The molecule has 0 aromatic heterocycles. The van der Waals surface area contributed by atoms with Crippen LogP contribution in [-0.4, -0.2) is 0 Å². The molecule has 52 heavy (non-hydrogen) atoms. The van der Waals surface area contributed by atoms with Gasteiger partial charge < -0.3 is 0 Å². The molecule has 0 saturated heterocycles. The minimum atomic E-state index is 0. The molecule has 0 spiro atoms. The van der Waals surface area contributed by atoms with Crippen molar-refractivity contribution in [3.63, 3.8) is 0 Å². The average Bonchev–Trinajstić information content (AvgIpc) is 3.14. The summed E-state index contributed by atoms with van der Waals surface area (Å²) >= 11 is 1.88. The zero-order valence-electron chi connectivity index (χ0n) is 25.7. The fourth-order valence-electron chi connectivity index (χ4n) is 1.47. The van der Waals surface area contributed by atoms with Gasteiger partial charge in [0, 0.05) is 249 Å². The third kappa shape index (κ3) is 43.1. The van der Waals surface area contributed by atoms with Gasteiger partial charge >= 0.3 is 0 Å². The van der Waals surface area contributed by atoms with E-state index in [1.807, 2.05) is 22.6 Å². The minimum Gasteiger partial charge on any atom is -0.106 e. The van der Waals surface area contributed by atoms with Crippen molar-refractivity contribution in [2.75, 3.05) is 0 Å². The van der Waals surface area contributed by atoms with Gasteiger partial charge in [-0.25, -0.2) is 0 Å². The first-order valence-electron chi connectivity index (χ1n) is 12.5. The van der Waals surface area contributed by atoms with Crippen molar-refractivity contribution in [1.29, 1.82) is 0 Å².